The Morgan fingerprint density at radius 3 is 2.95 bits per heavy atom. The van der Waals surface area contributed by atoms with Gasteiger partial charge in [0.1, 0.15) is 0 Å². The Balaban J connectivity index is 1.73. The average molecular weight is 305 g/mol. The van der Waals surface area contributed by atoms with Gasteiger partial charge in [-0.1, -0.05) is 6.92 Å². The van der Waals surface area contributed by atoms with Gasteiger partial charge >= 0.3 is 0 Å². The summed E-state index contributed by atoms with van der Waals surface area (Å²) in [6.07, 6.45) is 3.95. The Morgan fingerprint density at radius 1 is 1.35 bits per heavy atom. The van der Waals surface area contributed by atoms with Crippen LogP contribution in [0.25, 0.3) is 9.40 Å². The molecule has 0 fully saturated rings. The molecule has 0 aliphatic heterocycles. The Kier molecular flexibility index (Phi) is 3.92. The van der Waals surface area contributed by atoms with E-state index in [2.05, 4.69) is 48.7 Å². The lowest BCUT2D eigenvalue weighted by Gasteiger charge is -2.09. The first-order valence-corrected chi connectivity index (χ1v) is 8.63. The molecular weight excluding hydrogens is 286 g/mol. The number of thiophene rings is 2. The molecule has 0 amide bonds. The Bertz CT molecular complexity index is 666. The van der Waals surface area contributed by atoms with Crippen LogP contribution in [-0.2, 0) is 6.42 Å². The molecule has 20 heavy (non-hydrogen) atoms. The Hall–Kier alpha value is -1.17. The molecule has 0 spiro atoms. The van der Waals surface area contributed by atoms with Crippen LogP contribution >= 0.6 is 22.7 Å². The van der Waals surface area contributed by atoms with Gasteiger partial charge in [0.15, 0.2) is 0 Å². The maximum absolute atomic E-state index is 6.33. The molecule has 2 atom stereocenters. The molecule has 106 valence electrons. The minimum absolute atomic E-state index is 0.0416. The van der Waals surface area contributed by atoms with Gasteiger partial charge in [-0.2, -0.15) is 5.10 Å². The van der Waals surface area contributed by atoms with E-state index in [0.717, 1.165) is 18.5 Å². The summed E-state index contributed by atoms with van der Waals surface area (Å²) < 4.78 is 4.71. The highest BCUT2D eigenvalue weighted by Crippen LogP contribution is 2.33. The van der Waals surface area contributed by atoms with Gasteiger partial charge in [0.25, 0.3) is 0 Å². The van der Waals surface area contributed by atoms with Crippen molar-refractivity contribution in [3.05, 3.63) is 40.3 Å². The summed E-state index contributed by atoms with van der Waals surface area (Å²) in [5.41, 5.74) is 7.41. The van der Waals surface area contributed by atoms with Crippen LogP contribution in [0.3, 0.4) is 0 Å². The zero-order valence-electron chi connectivity index (χ0n) is 11.7. The van der Waals surface area contributed by atoms with Gasteiger partial charge in [-0.15, -0.1) is 22.7 Å². The van der Waals surface area contributed by atoms with E-state index in [1.165, 1.54) is 14.3 Å². The molecular formula is C15H19N3S2. The van der Waals surface area contributed by atoms with Crippen LogP contribution in [0.15, 0.2) is 29.8 Å². The quantitative estimate of drug-likeness (QED) is 0.760. The van der Waals surface area contributed by atoms with Gasteiger partial charge in [-0.3, -0.25) is 4.68 Å². The summed E-state index contributed by atoms with van der Waals surface area (Å²) in [5, 5.41) is 6.76. The molecule has 3 aromatic heterocycles. The molecule has 0 aliphatic rings. The van der Waals surface area contributed by atoms with E-state index in [1.807, 2.05) is 4.68 Å². The zero-order valence-corrected chi connectivity index (χ0v) is 13.4. The first-order chi connectivity index (χ1) is 9.67. The van der Waals surface area contributed by atoms with Crippen molar-refractivity contribution in [2.24, 2.45) is 5.73 Å². The summed E-state index contributed by atoms with van der Waals surface area (Å²) >= 11 is 3.58. The number of fused-ring (bicyclic) bond motifs is 1. The van der Waals surface area contributed by atoms with Crippen molar-refractivity contribution in [2.45, 2.75) is 38.8 Å². The summed E-state index contributed by atoms with van der Waals surface area (Å²) in [4.78, 5) is 1.25. The number of nitrogens with two attached hydrogens (primary N) is 1. The van der Waals surface area contributed by atoms with Crippen LogP contribution in [-0.4, -0.2) is 9.78 Å². The van der Waals surface area contributed by atoms with Crippen LogP contribution in [0, 0.1) is 0 Å². The lowest BCUT2D eigenvalue weighted by atomic mass is 10.1. The number of hydrogen-bond acceptors (Lipinski definition) is 4. The van der Waals surface area contributed by atoms with E-state index in [-0.39, 0.29) is 6.04 Å². The molecule has 3 aromatic rings. The van der Waals surface area contributed by atoms with Crippen LogP contribution in [0.5, 0.6) is 0 Å². The fourth-order valence-electron chi connectivity index (χ4n) is 2.21. The van der Waals surface area contributed by atoms with Gasteiger partial charge in [-0.25, -0.2) is 0 Å². The molecule has 2 unspecified atom stereocenters. The van der Waals surface area contributed by atoms with Gasteiger partial charge < -0.3 is 5.73 Å². The number of hydrogen-bond donors (Lipinski definition) is 1. The van der Waals surface area contributed by atoms with Crippen LogP contribution in [0.2, 0.25) is 0 Å². The molecule has 3 rings (SSSR count). The first kappa shape index (κ1) is 13.8. The van der Waals surface area contributed by atoms with Crippen molar-refractivity contribution >= 4 is 32.1 Å². The highest BCUT2D eigenvalue weighted by molar-refractivity contribution is 7.26. The van der Waals surface area contributed by atoms with E-state index in [9.17, 15) is 0 Å². The molecule has 0 aliphatic carbocycles. The topological polar surface area (TPSA) is 43.8 Å². The number of aromatic nitrogens is 2. The highest BCUT2D eigenvalue weighted by atomic mass is 32.1. The third-order valence-corrected chi connectivity index (χ3v) is 5.88. The van der Waals surface area contributed by atoms with Crippen molar-refractivity contribution in [1.29, 1.82) is 0 Å². The average Bonchev–Trinajstić information content (AvgIpc) is 3.11. The maximum Gasteiger partial charge on any atom is 0.0643 e. The van der Waals surface area contributed by atoms with Gasteiger partial charge in [0.05, 0.1) is 5.69 Å². The zero-order chi connectivity index (χ0) is 14.1. The second kappa shape index (κ2) is 5.68. The van der Waals surface area contributed by atoms with Crippen LogP contribution in [0.4, 0.5) is 0 Å². The van der Waals surface area contributed by atoms with Gasteiger partial charge in [-0.05, 0) is 36.9 Å². The molecule has 0 saturated carbocycles. The standard InChI is InChI=1S/C15H19N3S2/c1-3-10(2)18-6-4-11(17-18)8-12(16)14-9-15-13(20-14)5-7-19-15/h4-7,9-10,12H,3,8,16H2,1-2H3. The summed E-state index contributed by atoms with van der Waals surface area (Å²) in [5.74, 6) is 0. The van der Waals surface area contributed by atoms with E-state index in [1.54, 1.807) is 22.7 Å². The fraction of sp³-hybridized carbons (Fsp3) is 0.400. The lowest BCUT2D eigenvalue weighted by molar-refractivity contribution is 0.472. The Labute approximate surface area is 127 Å². The number of rotatable bonds is 5. The molecule has 0 saturated heterocycles. The molecule has 0 aromatic carbocycles. The summed E-state index contributed by atoms with van der Waals surface area (Å²) in [6.45, 7) is 4.36. The number of nitrogens with zero attached hydrogens (tertiary/aromatic N) is 2. The smallest absolute Gasteiger partial charge is 0.0643 e. The third kappa shape index (κ3) is 2.66. The Morgan fingerprint density at radius 2 is 2.20 bits per heavy atom. The van der Waals surface area contributed by atoms with E-state index < -0.39 is 0 Å². The van der Waals surface area contributed by atoms with Gasteiger partial charge in [0, 0.05) is 39.0 Å². The predicted octanol–water partition coefficient (Wildman–Crippen LogP) is 4.37. The molecule has 0 radical (unpaired) electrons. The second-order valence-corrected chi connectivity index (χ2v) is 7.22. The SMILES string of the molecule is CCC(C)n1ccc(CC(N)c2cc3sccc3s2)n1. The molecule has 2 N–H and O–H groups in total. The van der Waals surface area contributed by atoms with Crippen LogP contribution < -0.4 is 5.73 Å². The highest BCUT2D eigenvalue weighted by Gasteiger charge is 2.14. The summed E-state index contributed by atoms with van der Waals surface area (Å²) in [6, 6.07) is 6.97. The van der Waals surface area contributed by atoms with Crippen molar-refractivity contribution < 1.29 is 0 Å². The van der Waals surface area contributed by atoms with Crippen molar-refractivity contribution in [3.8, 4) is 0 Å². The largest absolute Gasteiger partial charge is 0.323 e. The molecule has 0 bridgehead atoms. The fourth-order valence-corrected chi connectivity index (χ4v) is 4.33. The second-order valence-electron chi connectivity index (χ2n) is 5.15. The first-order valence-electron chi connectivity index (χ1n) is 6.94. The minimum atomic E-state index is 0.0416. The van der Waals surface area contributed by atoms with E-state index >= 15 is 0 Å². The molecule has 3 nitrogen and oxygen atoms in total. The van der Waals surface area contributed by atoms with Crippen molar-refractivity contribution in [3.63, 3.8) is 0 Å². The molecule has 5 heteroatoms. The summed E-state index contributed by atoms with van der Waals surface area (Å²) in [7, 11) is 0. The molecule has 3 heterocycles. The van der Waals surface area contributed by atoms with Crippen molar-refractivity contribution in [2.75, 3.05) is 0 Å². The van der Waals surface area contributed by atoms with Crippen molar-refractivity contribution in [1.82, 2.24) is 9.78 Å². The van der Waals surface area contributed by atoms with Crippen LogP contribution in [0.1, 0.15) is 42.9 Å². The van der Waals surface area contributed by atoms with E-state index in [0.29, 0.717) is 6.04 Å². The minimum Gasteiger partial charge on any atom is -0.323 e. The monoisotopic (exact) mass is 305 g/mol. The lowest BCUT2D eigenvalue weighted by Crippen LogP contribution is -2.13. The van der Waals surface area contributed by atoms with E-state index in [4.69, 9.17) is 5.73 Å². The third-order valence-electron chi connectivity index (χ3n) is 3.66. The normalized spacial score (nSPS) is 14.8. The predicted molar refractivity (Wildman–Crippen MR) is 87.6 cm³/mol. The maximum atomic E-state index is 6.33. The van der Waals surface area contributed by atoms with Gasteiger partial charge in [0.2, 0.25) is 0 Å².